The fourth-order valence-electron chi connectivity index (χ4n) is 1.72. The van der Waals surface area contributed by atoms with Gasteiger partial charge in [0, 0.05) is 11.5 Å². The highest BCUT2D eigenvalue weighted by Gasteiger charge is 2.50. The zero-order valence-electron chi connectivity index (χ0n) is 9.11. The van der Waals surface area contributed by atoms with E-state index in [-0.39, 0.29) is 6.42 Å². The van der Waals surface area contributed by atoms with Crippen molar-refractivity contribution in [3.8, 4) is 0 Å². The molecule has 1 saturated heterocycles. The molecular weight excluding hydrogens is 249 g/mol. The Kier molecular flexibility index (Phi) is 3.99. The molecule has 1 aromatic rings. The van der Waals surface area contributed by atoms with Gasteiger partial charge in [0.2, 0.25) is 5.50 Å². The number of rotatable bonds is 4. The van der Waals surface area contributed by atoms with Gasteiger partial charge in [0.25, 0.3) is 0 Å². The highest BCUT2D eigenvalue weighted by molar-refractivity contribution is 7.99. The first-order valence-electron chi connectivity index (χ1n) is 5.46. The van der Waals surface area contributed by atoms with Gasteiger partial charge in [-0.3, -0.25) is 0 Å². The van der Waals surface area contributed by atoms with Gasteiger partial charge in [-0.25, -0.2) is 4.39 Å². The lowest BCUT2D eigenvalue weighted by molar-refractivity contribution is -0.136. The third-order valence-electron chi connectivity index (χ3n) is 2.64. The summed E-state index contributed by atoms with van der Waals surface area (Å²) in [6.45, 7) is 0.295. The molecule has 0 amide bonds. The molecule has 94 valence electrons. The summed E-state index contributed by atoms with van der Waals surface area (Å²) in [4.78, 5) is 0.498. The molecule has 1 aromatic carbocycles. The van der Waals surface area contributed by atoms with Crippen LogP contribution in [0.5, 0.6) is 0 Å². The summed E-state index contributed by atoms with van der Waals surface area (Å²) in [5.41, 5.74) is -2.27. The van der Waals surface area contributed by atoms with Crippen LogP contribution in [0.4, 0.5) is 13.2 Å². The maximum absolute atomic E-state index is 13.7. The van der Waals surface area contributed by atoms with Crippen LogP contribution in [0, 0.1) is 0 Å². The first-order valence-corrected chi connectivity index (χ1v) is 6.34. The van der Waals surface area contributed by atoms with Crippen LogP contribution in [0.3, 0.4) is 0 Å². The number of ether oxygens (including phenoxy) is 1. The Labute approximate surface area is 102 Å². The van der Waals surface area contributed by atoms with E-state index in [4.69, 9.17) is 4.74 Å². The molecule has 2 unspecified atom stereocenters. The summed E-state index contributed by atoms with van der Waals surface area (Å²) < 4.78 is 45.9. The van der Waals surface area contributed by atoms with Crippen molar-refractivity contribution in [2.45, 2.75) is 35.3 Å². The third kappa shape index (κ3) is 2.96. The number of halogens is 3. The normalized spacial score (nSPS) is 22.6. The molecule has 2 atom stereocenters. The summed E-state index contributed by atoms with van der Waals surface area (Å²) in [5, 5.41) is 0. The van der Waals surface area contributed by atoms with E-state index in [1.807, 2.05) is 0 Å². The Hall–Kier alpha value is -0.680. The van der Waals surface area contributed by atoms with E-state index in [1.54, 1.807) is 30.3 Å². The summed E-state index contributed by atoms with van der Waals surface area (Å²) in [7, 11) is 0. The minimum absolute atomic E-state index is 0.225. The average Bonchev–Trinajstić information content (AvgIpc) is 2.84. The smallest absolute Gasteiger partial charge is 0.313 e. The predicted molar refractivity (Wildman–Crippen MR) is 61.1 cm³/mol. The van der Waals surface area contributed by atoms with E-state index in [9.17, 15) is 13.2 Å². The van der Waals surface area contributed by atoms with Crippen molar-refractivity contribution in [1.82, 2.24) is 0 Å². The summed E-state index contributed by atoms with van der Waals surface area (Å²) in [6, 6.07) is 8.37. The van der Waals surface area contributed by atoms with Crippen molar-refractivity contribution in [3.05, 3.63) is 30.3 Å². The van der Waals surface area contributed by atoms with Gasteiger partial charge in [-0.1, -0.05) is 30.0 Å². The minimum atomic E-state index is -3.43. The van der Waals surface area contributed by atoms with E-state index >= 15 is 0 Å². The lowest BCUT2D eigenvalue weighted by atomic mass is 10.1. The molecule has 0 aromatic heterocycles. The molecular formula is C12H13F3OS. The number of alkyl halides is 3. The Morgan fingerprint density at radius 3 is 2.59 bits per heavy atom. The van der Waals surface area contributed by atoms with Gasteiger partial charge in [-0.15, -0.1) is 0 Å². The second-order valence-corrected chi connectivity index (χ2v) is 5.04. The molecule has 5 heteroatoms. The standard InChI is InChI=1S/C12H13F3OS/c13-11(17-9-5-2-1-3-6-9)12(14,15)10-7-4-8-16-10/h1-3,5-6,10-11H,4,7-8H2. The van der Waals surface area contributed by atoms with Crippen LogP contribution in [-0.2, 0) is 4.74 Å². The average molecular weight is 262 g/mol. The van der Waals surface area contributed by atoms with Crippen molar-refractivity contribution in [1.29, 1.82) is 0 Å². The molecule has 1 nitrogen and oxygen atoms in total. The van der Waals surface area contributed by atoms with Gasteiger partial charge in [-0.05, 0) is 25.0 Å². The number of thioether (sulfide) groups is 1. The zero-order chi connectivity index (χ0) is 12.3. The van der Waals surface area contributed by atoms with Crippen LogP contribution in [0.15, 0.2) is 35.2 Å². The van der Waals surface area contributed by atoms with Crippen molar-refractivity contribution >= 4 is 11.8 Å². The number of hydrogen-bond donors (Lipinski definition) is 0. The topological polar surface area (TPSA) is 9.23 Å². The van der Waals surface area contributed by atoms with Gasteiger partial charge in [0.15, 0.2) is 0 Å². The number of hydrogen-bond acceptors (Lipinski definition) is 2. The first kappa shape index (κ1) is 12.8. The van der Waals surface area contributed by atoms with Gasteiger partial charge < -0.3 is 4.74 Å². The van der Waals surface area contributed by atoms with Crippen LogP contribution in [0.25, 0.3) is 0 Å². The monoisotopic (exact) mass is 262 g/mol. The lowest BCUT2D eigenvalue weighted by Gasteiger charge is -2.25. The Balaban J connectivity index is 2.01. The SMILES string of the molecule is FC(Sc1ccccc1)C(F)(F)C1CCCO1. The molecule has 0 saturated carbocycles. The molecule has 1 aliphatic heterocycles. The van der Waals surface area contributed by atoms with Crippen molar-refractivity contribution in [2.24, 2.45) is 0 Å². The van der Waals surface area contributed by atoms with Gasteiger partial charge in [0.1, 0.15) is 6.10 Å². The molecule has 2 rings (SSSR count). The summed E-state index contributed by atoms with van der Waals surface area (Å²) in [6.07, 6.45) is -0.486. The summed E-state index contributed by atoms with van der Waals surface area (Å²) in [5.74, 6) is -3.43. The largest absolute Gasteiger partial charge is 0.372 e. The van der Waals surface area contributed by atoms with Gasteiger partial charge in [-0.2, -0.15) is 8.78 Å². The molecule has 1 heterocycles. The van der Waals surface area contributed by atoms with Crippen molar-refractivity contribution < 1.29 is 17.9 Å². The van der Waals surface area contributed by atoms with Crippen LogP contribution in [0.1, 0.15) is 12.8 Å². The van der Waals surface area contributed by atoms with Gasteiger partial charge in [0.05, 0.1) is 0 Å². The highest BCUT2D eigenvalue weighted by atomic mass is 32.2. The third-order valence-corrected chi connectivity index (χ3v) is 3.71. The van der Waals surface area contributed by atoms with E-state index in [0.717, 1.165) is 0 Å². The second-order valence-electron chi connectivity index (χ2n) is 3.92. The molecule has 0 radical (unpaired) electrons. The maximum Gasteiger partial charge on any atom is 0.313 e. The maximum atomic E-state index is 13.7. The van der Waals surface area contributed by atoms with Gasteiger partial charge >= 0.3 is 5.92 Å². The fourth-order valence-corrected chi connectivity index (χ4v) is 2.59. The second kappa shape index (κ2) is 5.31. The van der Waals surface area contributed by atoms with Crippen molar-refractivity contribution in [3.63, 3.8) is 0 Å². The quantitative estimate of drug-likeness (QED) is 0.761. The molecule has 17 heavy (non-hydrogen) atoms. The predicted octanol–water partition coefficient (Wildman–Crippen LogP) is 3.89. The lowest BCUT2D eigenvalue weighted by Crippen LogP contribution is -2.40. The number of benzene rings is 1. The Bertz CT molecular complexity index is 352. The molecule has 0 aliphatic carbocycles. The first-order chi connectivity index (χ1) is 8.10. The van der Waals surface area contributed by atoms with E-state index in [2.05, 4.69) is 0 Å². The molecule has 1 aliphatic rings. The fraction of sp³-hybridized carbons (Fsp3) is 0.500. The molecule has 0 spiro atoms. The van der Waals surface area contributed by atoms with E-state index in [0.29, 0.717) is 29.7 Å². The zero-order valence-corrected chi connectivity index (χ0v) is 9.93. The molecule has 1 fully saturated rings. The highest BCUT2D eigenvalue weighted by Crippen LogP contribution is 2.40. The van der Waals surface area contributed by atoms with E-state index in [1.165, 1.54) is 0 Å². The molecule has 0 bridgehead atoms. The molecule has 0 N–H and O–H groups in total. The van der Waals surface area contributed by atoms with Crippen molar-refractivity contribution in [2.75, 3.05) is 6.61 Å². The van der Waals surface area contributed by atoms with Crippen LogP contribution < -0.4 is 0 Å². The van der Waals surface area contributed by atoms with Crippen LogP contribution in [-0.4, -0.2) is 24.1 Å². The Morgan fingerprint density at radius 2 is 2.00 bits per heavy atom. The van der Waals surface area contributed by atoms with Crippen LogP contribution >= 0.6 is 11.8 Å². The van der Waals surface area contributed by atoms with Crippen LogP contribution in [0.2, 0.25) is 0 Å². The minimum Gasteiger partial charge on any atom is -0.372 e. The van der Waals surface area contributed by atoms with E-state index < -0.39 is 17.5 Å². The Morgan fingerprint density at radius 1 is 1.29 bits per heavy atom. The summed E-state index contributed by atoms with van der Waals surface area (Å²) >= 11 is 0.541.